The molecule has 0 saturated carbocycles. The van der Waals surface area contributed by atoms with Crippen molar-refractivity contribution in [2.24, 2.45) is 10.8 Å². The molecule has 4 N–H and O–H groups in total. The van der Waals surface area contributed by atoms with E-state index in [0.29, 0.717) is 19.4 Å². The number of carboxylic acids is 1. The van der Waals surface area contributed by atoms with Crippen molar-refractivity contribution in [3.63, 3.8) is 0 Å². The number of azide groups is 1. The van der Waals surface area contributed by atoms with E-state index >= 15 is 0 Å². The van der Waals surface area contributed by atoms with E-state index in [0.717, 1.165) is 52.9 Å². The fraction of sp³-hybridized carbons (Fsp3) is 0.633. The zero-order valence-corrected chi connectivity index (χ0v) is 31.1. The van der Waals surface area contributed by atoms with Crippen LogP contribution in [0.1, 0.15) is 52.9 Å². The molecular formula is C30H41F3N6O16S. The lowest BCUT2D eigenvalue weighted by Crippen LogP contribution is -2.69. The number of hydrogen-bond acceptors (Lipinski definition) is 17. The summed E-state index contributed by atoms with van der Waals surface area (Å²) < 4.78 is 94.9. The summed E-state index contributed by atoms with van der Waals surface area (Å²) in [6, 6.07) is 2.52. The number of benzene rings is 1. The first-order chi connectivity index (χ1) is 26.1. The van der Waals surface area contributed by atoms with Crippen LogP contribution in [-0.4, -0.2) is 118 Å². The van der Waals surface area contributed by atoms with Gasteiger partial charge in [0.05, 0.1) is 37.6 Å². The van der Waals surface area contributed by atoms with Crippen LogP contribution in [-0.2, 0) is 62.4 Å². The van der Waals surface area contributed by atoms with E-state index in [4.69, 9.17) is 49.6 Å². The molecule has 1 saturated heterocycles. The lowest BCUT2D eigenvalue weighted by atomic mass is 9.88. The molecule has 6 atom stereocenters. The van der Waals surface area contributed by atoms with Crippen molar-refractivity contribution in [3.05, 3.63) is 44.8 Å². The number of nitrogens with one attached hydrogen (secondary N) is 1. The number of hydrogen-bond donors (Lipinski definition) is 3. The van der Waals surface area contributed by atoms with Crippen molar-refractivity contribution in [1.29, 1.82) is 0 Å². The van der Waals surface area contributed by atoms with E-state index in [9.17, 15) is 50.9 Å². The van der Waals surface area contributed by atoms with Crippen LogP contribution in [0.3, 0.4) is 0 Å². The number of carbonyl (C=O) groups excluding carboxylic acids is 4. The quantitative estimate of drug-likeness (QED) is 0.0263. The molecule has 314 valence electrons. The zero-order valence-electron chi connectivity index (χ0n) is 30.3. The van der Waals surface area contributed by atoms with Gasteiger partial charge in [0.1, 0.15) is 18.3 Å². The standard InChI is InChI=1S/C28H40N6O14S.C2HF3O2/c1-17(35)45-21-15-28(27(38)43-4,44-14-10-6-5-9-13-29)48-26(25(47-19(3)37)22(16-31-33-30)46-18(2)36)24(21)32-49(41,42)23-12-8-7-11-20(23)34(39)40;3-2(4,5)1(6)7/h7-8,11-12,21-22,24-26,32H,5-6,9-10,13-16,29H2,1-4H3;(H,6,7)/t21-,22+,24+,25+,26+,28+;/m0./s1. The number of aliphatic carboxylic acids is 1. The summed E-state index contributed by atoms with van der Waals surface area (Å²) in [6.07, 6.45) is -10.5. The van der Waals surface area contributed by atoms with E-state index in [1.807, 2.05) is 0 Å². The van der Waals surface area contributed by atoms with Gasteiger partial charge >= 0.3 is 36.0 Å². The molecule has 56 heavy (non-hydrogen) atoms. The van der Waals surface area contributed by atoms with Crippen molar-refractivity contribution in [2.75, 3.05) is 26.8 Å². The topological polar surface area (TPSA) is 325 Å². The van der Waals surface area contributed by atoms with Gasteiger partial charge in [0.25, 0.3) is 11.5 Å². The molecule has 0 radical (unpaired) electrons. The Morgan fingerprint density at radius 3 is 2.20 bits per heavy atom. The van der Waals surface area contributed by atoms with Gasteiger partial charge in [0.15, 0.2) is 11.0 Å². The van der Waals surface area contributed by atoms with Gasteiger partial charge in [-0.25, -0.2) is 22.7 Å². The Kier molecular flexibility index (Phi) is 19.6. The smallest absolute Gasteiger partial charge is 0.475 e. The number of para-hydroxylation sites is 1. The summed E-state index contributed by atoms with van der Waals surface area (Å²) in [6.45, 7) is 2.57. The van der Waals surface area contributed by atoms with Crippen LogP contribution in [0.2, 0.25) is 0 Å². The summed E-state index contributed by atoms with van der Waals surface area (Å²) in [7, 11) is -3.91. The number of halogens is 3. The van der Waals surface area contributed by atoms with Crippen molar-refractivity contribution in [2.45, 2.75) is 100 Å². The van der Waals surface area contributed by atoms with Crippen molar-refractivity contribution in [3.8, 4) is 0 Å². The monoisotopic (exact) mass is 830 g/mol. The maximum atomic E-state index is 13.8. The molecule has 1 heterocycles. The Balaban J connectivity index is 0.00000203. The molecule has 0 amide bonds. The largest absolute Gasteiger partial charge is 0.490 e. The Hall–Kier alpha value is -5.14. The van der Waals surface area contributed by atoms with Crippen LogP contribution >= 0.6 is 0 Å². The average molecular weight is 831 g/mol. The molecule has 0 spiro atoms. The Morgan fingerprint density at radius 2 is 1.70 bits per heavy atom. The number of ether oxygens (including phenoxy) is 6. The Bertz CT molecular complexity index is 1710. The Labute approximate surface area is 316 Å². The first-order valence-corrected chi connectivity index (χ1v) is 17.7. The molecule has 0 unspecified atom stereocenters. The number of sulfonamides is 1. The number of nitro groups is 1. The van der Waals surface area contributed by atoms with Gasteiger partial charge in [-0.05, 0) is 31.0 Å². The van der Waals surface area contributed by atoms with Crippen LogP contribution in [0.15, 0.2) is 34.3 Å². The number of carboxylic acid groups (broad SMARTS) is 1. The van der Waals surface area contributed by atoms with Gasteiger partial charge in [-0.3, -0.25) is 24.5 Å². The number of carbonyl (C=O) groups is 5. The SMILES string of the molecule is COC(=O)[C@@]1(OCCCCCCN)C[C@H](OC(C)=O)[C@@H](NS(=O)(=O)c2ccccc2[N+](=O)[O-])[C@H]([C@H](OC(C)=O)[C@@H](CN=[N+]=[N-])OC(C)=O)O1.O=C(O)C(F)(F)F. The molecule has 0 bridgehead atoms. The third-order valence-corrected chi connectivity index (χ3v) is 8.82. The molecule has 1 fully saturated rings. The highest BCUT2D eigenvalue weighted by Crippen LogP contribution is 2.38. The number of esters is 4. The third-order valence-electron chi connectivity index (χ3n) is 7.32. The molecule has 0 aliphatic carbocycles. The second-order valence-electron chi connectivity index (χ2n) is 11.5. The summed E-state index contributed by atoms with van der Waals surface area (Å²) in [5.41, 5.74) is 13.7. The number of nitro benzene ring substituents is 1. The van der Waals surface area contributed by atoms with Crippen LogP contribution in [0, 0.1) is 10.1 Å². The minimum Gasteiger partial charge on any atom is -0.475 e. The van der Waals surface area contributed by atoms with Crippen molar-refractivity contribution in [1.82, 2.24) is 4.72 Å². The lowest BCUT2D eigenvalue weighted by Gasteiger charge is -2.48. The molecule has 1 aliphatic heterocycles. The van der Waals surface area contributed by atoms with E-state index in [1.54, 1.807) is 0 Å². The molecule has 1 aromatic rings. The predicted molar refractivity (Wildman–Crippen MR) is 179 cm³/mol. The fourth-order valence-electron chi connectivity index (χ4n) is 5.13. The van der Waals surface area contributed by atoms with Gasteiger partial charge in [-0.1, -0.05) is 30.1 Å². The highest BCUT2D eigenvalue weighted by Gasteiger charge is 2.59. The lowest BCUT2D eigenvalue weighted by molar-refractivity contribution is -0.387. The number of rotatable bonds is 19. The van der Waals surface area contributed by atoms with E-state index in [2.05, 4.69) is 14.7 Å². The summed E-state index contributed by atoms with van der Waals surface area (Å²) in [5.74, 6) is -9.29. The van der Waals surface area contributed by atoms with E-state index < -0.39 is 111 Å². The maximum Gasteiger partial charge on any atom is 0.490 e. The number of methoxy groups -OCH3 is 1. The van der Waals surface area contributed by atoms with E-state index in [-0.39, 0.29) is 6.61 Å². The molecular weight excluding hydrogens is 789 g/mol. The van der Waals surface area contributed by atoms with Crippen LogP contribution in [0.25, 0.3) is 10.4 Å². The van der Waals surface area contributed by atoms with E-state index in [1.165, 1.54) is 12.1 Å². The van der Waals surface area contributed by atoms with Crippen molar-refractivity contribution >= 4 is 45.6 Å². The average Bonchev–Trinajstić information content (AvgIpc) is 3.10. The highest BCUT2D eigenvalue weighted by molar-refractivity contribution is 7.89. The van der Waals surface area contributed by atoms with Gasteiger partial charge in [-0.15, -0.1) is 0 Å². The van der Waals surface area contributed by atoms with Crippen molar-refractivity contribution < 1.29 is 84.0 Å². The van der Waals surface area contributed by atoms with Crippen LogP contribution in [0.5, 0.6) is 0 Å². The predicted octanol–water partition coefficient (Wildman–Crippen LogP) is 2.17. The molecule has 1 aromatic carbocycles. The van der Waals surface area contributed by atoms with Gasteiger partial charge in [-0.2, -0.15) is 13.2 Å². The zero-order chi connectivity index (χ0) is 42.9. The maximum absolute atomic E-state index is 13.8. The van der Waals surface area contributed by atoms with Crippen LogP contribution in [0.4, 0.5) is 18.9 Å². The third kappa shape index (κ3) is 15.2. The van der Waals surface area contributed by atoms with Gasteiger partial charge in [0, 0.05) is 31.7 Å². The molecule has 2 rings (SSSR count). The Morgan fingerprint density at radius 1 is 1.11 bits per heavy atom. The molecule has 22 nitrogen and oxygen atoms in total. The first kappa shape index (κ1) is 48.9. The summed E-state index contributed by atoms with van der Waals surface area (Å²) in [5, 5.41) is 22.3. The number of alkyl halides is 3. The first-order valence-electron chi connectivity index (χ1n) is 16.2. The normalized spacial score (nSPS) is 20.4. The van der Waals surface area contributed by atoms with Crippen LogP contribution < -0.4 is 10.5 Å². The minimum absolute atomic E-state index is 0.129. The number of nitrogens with two attached hydrogens (primary N) is 1. The molecule has 0 aromatic heterocycles. The summed E-state index contributed by atoms with van der Waals surface area (Å²) >= 11 is 0. The fourth-order valence-corrected chi connectivity index (χ4v) is 6.57. The second kappa shape index (κ2) is 22.4. The minimum atomic E-state index is -5.08. The molecule has 26 heteroatoms. The van der Waals surface area contributed by atoms with Gasteiger partial charge < -0.3 is 39.3 Å². The number of unbranched alkanes of at least 4 members (excludes halogenated alkanes) is 3. The highest BCUT2D eigenvalue weighted by atomic mass is 32.2. The second-order valence-corrected chi connectivity index (χ2v) is 13.2. The number of nitrogens with zero attached hydrogens (tertiary/aromatic N) is 4. The summed E-state index contributed by atoms with van der Waals surface area (Å²) in [4.78, 5) is 72.0. The molecule has 1 aliphatic rings. The van der Waals surface area contributed by atoms with Gasteiger partial charge in [0.2, 0.25) is 10.0 Å².